The largest absolute Gasteiger partial charge is 0.507 e. The number of halogens is 1. The number of rotatable bonds is 3. The molecular formula is C13H16ClNO2. The third-order valence-corrected chi connectivity index (χ3v) is 3.86. The molecule has 1 saturated carbocycles. The number of alkyl halides is 1. The Hall–Kier alpha value is -1.22. The van der Waals surface area contributed by atoms with Crippen molar-refractivity contribution >= 4 is 17.5 Å². The van der Waals surface area contributed by atoms with E-state index in [-0.39, 0.29) is 17.2 Å². The molecule has 17 heavy (non-hydrogen) atoms. The summed E-state index contributed by atoms with van der Waals surface area (Å²) in [5.74, 6) is 0.185. The van der Waals surface area contributed by atoms with Gasteiger partial charge in [-0.05, 0) is 25.0 Å². The predicted octanol–water partition coefficient (Wildman–Crippen LogP) is 2.67. The topological polar surface area (TPSA) is 49.3 Å². The van der Waals surface area contributed by atoms with Gasteiger partial charge in [-0.2, -0.15) is 0 Å². The Bertz CT molecular complexity index is 414. The van der Waals surface area contributed by atoms with Gasteiger partial charge in [0.1, 0.15) is 5.75 Å². The maximum absolute atomic E-state index is 12.1. The van der Waals surface area contributed by atoms with Crippen LogP contribution in [0.4, 0.5) is 0 Å². The predicted molar refractivity (Wildman–Crippen MR) is 67.5 cm³/mol. The average Bonchev–Trinajstić information content (AvgIpc) is 2.79. The molecule has 1 aromatic carbocycles. The molecule has 0 saturated heterocycles. The maximum atomic E-state index is 12.1. The third-order valence-electron chi connectivity index (χ3n) is 3.34. The first-order valence-corrected chi connectivity index (χ1v) is 6.37. The smallest absolute Gasteiger partial charge is 0.255 e. The number of aromatic hydroxyl groups is 1. The lowest BCUT2D eigenvalue weighted by Gasteiger charge is -2.27. The Morgan fingerprint density at radius 3 is 2.59 bits per heavy atom. The monoisotopic (exact) mass is 253 g/mol. The van der Waals surface area contributed by atoms with E-state index in [1.165, 1.54) is 6.07 Å². The molecule has 1 aliphatic carbocycles. The van der Waals surface area contributed by atoms with E-state index in [1.807, 2.05) is 0 Å². The van der Waals surface area contributed by atoms with Crippen molar-refractivity contribution in [2.75, 3.05) is 5.88 Å². The summed E-state index contributed by atoms with van der Waals surface area (Å²) in [4.78, 5) is 12.1. The van der Waals surface area contributed by atoms with Crippen LogP contribution in [0.2, 0.25) is 0 Å². The molecule has 92 valence electrons. The molecule has 1 aliphatic rings. The molecule has 0 atom stereocenters. The highest BCUT2D eigenvalue weighted by atomic mass is 35.5. The molecule has 0 heterocycles. The van der Waals surface area contributed by atoms with Crippen LogP contribution in [-0.2, 0) is 0 Å². The molecular weight excluding hydrogens is 238 g/mol. The minimum absolute atomic E-state index is 0.00715. The number of para-hydroxylation sites is 1. The zero-order chi connectivity index (χ0) is 12.3. The fourth-order valence-corrected chi connectivity index (χ4v) is 2.65. The molecule has 0 bridgehead atoms. The van der Waals surface area contributed by atoms with Gasteiger partial charge in [-0.15, -0.1) is 11.6 Å². The maximum Gasteiger partial charge on any atom is 0.255 e. The second kappa shape index (κ2) is 4.96. The molecule has 0 radical (unpaired) electrons. The summed E-state index contributed by atoms with van der Waals surface area (Å²) in [6.45, 7) is 0. The number of nitrogens with one attached hydrogen (secondary N) is 1. The standard InChI is InChI=1S/C13H16ClNO2/c14-9-13(7-3-4-8-13)15-12(17)10-5-1-2-6-11(10)16/h1-2,5-6,16H,3-4,7-9H2,(H,15,17). The first kappa shape index (κ1) is 12.2. The van der Waals surface area contributed by atoms with Crippen LogP contribution in [-0.4, -0.2) is 22.4 Å². The quantitative estimate of drug-likeness (QED) is 0.814. The minimum atomic E-state index is -0.291. The van der Waals surface area contributed by atoms with Gasteiger partial charge in [-0.1, -0.05) is 25.0 Å². The molecule has 1 amide bonds. The molecule has 2 N–H and O–H groups in total. The lowest BCUT2D eigenvalue weighted by atomic mass is 9.99. The van der Waals surface area contributed by atoms with Crippen LogP contribution in [0.1, 0.15) is 36.0 Å². The van der Waals surface area contributed by atoms with Gasteiger partial charge in [0.25, 0.3) is 5.91 Å². The second-order valence-electron chi connectivity index (χ2n) is 4.59. The first-order valence-electron chi connectivity index (χ1n) is 5.83. The van der Waals surface area contributed by atoms with E-state index in [0.29, 0.717) is 11.4 Å². The number of phenols is 1. The summed E-state index contributed by atoms with van der Waals surface area (Å²) in [5.41, 5.74) is 0.0184. The zero-order valence-electron chi connectivity index (χ0n) is 9.58. The summed E-state index contributed by atoms with van der Waals surface area (Å²) >= 11 is 5.96. The van der Waals surface area contributed by atoms with Crippen molar-refractivity contribution in [3.05, 3.63) is 29.8 Å². The highest BCUT2D eigenvalue weighted by Crippen LogP contribution is 2.31. The van der Waals surface area contributed by atoms with Crippen LogP contribution < -0.4 is 5.32 Å². The van der Waals surface area contributed by atoms with Gasteiger partial charge in [0.2, 0.25) is 0 Å². The zero-order valence-corrected chi connectivity index (χ0v) is 10.3. The molecule has 0 unspecified atom stereocenters. The number of benzene rings is 1. The van der Waals surface area contributed by atoms with Crippen LogP contribution in [0, 0.1) is 0 Å². The van der Waals surface area contributed by atoms with Crippen LogP contribution >= 0.6 is 11.6 Å². The number of hydrogen-bond donors (Lipinski definition) is 2. The number of carbonyl (C=O) groups is 1. The second-order valence-corrected chi connectivity index (χ2v) is 4.86. The highest BCUT2D eigenvalue weighted by Gasteiger charge is 2.34. The van der Waals surface area contributed by atoms with Gasteiger partial charge in [-0.25, -0.2) is 0 Å². The van der Waals surface area contributed by atoms with Gasteiger partial charge >= 0.3 is 0 Å². The average molecular weight is 254 g/mol. The Morgan fingerprint density at radius 1 is 1.35 bits per heavy atom. The highest BCUT2D eigenvalue weighted by molar-refractivity contribution is 6.19. The van der Waals surface area contributed by atoms with Gasteiger partial charge in [-0.3, -0.25) is 4.79 Å². The third kappa shape index (κ3) is 2.55. The lowest BCUT2D eigenvalue weighted by Crippen LogP contribution is -2.47. The molecule has 1 fully saturated rings. The van der Waals surface area contributed by atoms with Crippen LogP contribution in [0.25, 0.3) is 0 Å². The molecule has 0 aliphatic heterocycles. The van der Waals surface area contributed by atoms with E-state index in [2.05, 4.69) is 5.32 Å². The molecule has 3 nitrogen and oxygen atoms in total. The Balaban J connectivity index is 2.14. The van der Waals surface area contributed by atoms with E-state index >= 15 is 0 Å². The van der Waals surface area contributed by atoms with Gasteiger partial charge in [0.15, 0.2) is 0 Å². The summed E-state index contributed by atoms with van der Waals surface area (Å²) in [7, 11) is 0. The number of amides is 1. The Labute approximate surface area is 106 Å². The molecule has 1 aromatic rings. The summed E-state index contributed by atoms with van der Waals surface area (Å²) < 4.78 is 0. The van der Waals surface area contributed by atoms with E-state index in [1.54, 1.807) is 18.2 Å². The van der Waals surface area contributed by atoms with Crippen molar-refractivity contribution in [1.82, 2.24) is 5.32 Å². The summed E-state index contributed by atoms with van der Waals surface area (Å²) in [5, 5.41) is 12.6. The van der Waals surface area contributed by atoms with Crippen LogP contribution in [0.15, 0.2) is 24.3 Å². The fourth-order valence-electron chi connectivity index (χ4n) is 2.32. The van der Waals surface area contributed by atoms with Crippen molar-refractivity contribution in [3.8, 4) is 5.75 Å². The Morgan fingerprint density at radius 2 is 2.00 bits per heavy atom. The van der Waals surface area contributed by atoms with Crippen LogP contribution in [0.5, 0.6) is 5.75 Å². The van der Waals surface area contributed by atoms with E-state index in [9.17, 15) is 9.90 Å². The van der Waals surface area contributed by atoms with Crippen molar-refractivity contribution < 1.29 is 9.90 Å². The first-order chi connectivity index (χ1) is 8.17. The van der Waals surface area contributed by atoms with Crippen molar-refractivity contribution in [2.24, 2.45) is 0 Å². The minimum Gasteiger partial charge on any atom is -0.507 e. The molecule has 4 heteroatoms. The molecule has 2 rings (SSSR count). The van der Waals surface area contributed by atoms with Crippen molar-refractivity contribution in [1.29, 1.82) is 0 Å². The van der Waals surface area contributed by atoms with E-state index in [0.717, 1.165) is 25.7 Å². The van der Waals surface area contributed by atoms with Gasteiger partial charge in [0.05, 0.1) is 11.1 Å². The normalized spacial score (nSPS) is 17.9. The number of hydrogen-bond acceptors (Lipinski definition) is 2. The van der Waals surface area contributed by atoms with E-state index in [4.69, 9.17) is 11.6 Å². The summed E-state index contributed by atoms with van der Waals surface area (Å²) in [6.07, 6.45) is 4.01. The van der Waals surface area contributed by atoms with Gasteiger partial charge in [0, 0.05) is 5.88 Å². The van der Waals surface area contributed by atoms with Crippen LogP contribution in [0.3, 0.4) is 0 Å². The van der Waals surface area contributed by atoms with Crippen molar-refractivity contribution in [2.45, 2.75) is 31.2 Å². The lowest BCUT2D eigenvalue weighted by molar-refractivity contribution is 0.0906. The van der Waals surface area contributed by atoms with Crippen molar-refractivity contribution in [3.63, 3.8) is 0 Å². The number of phenolic OH excluding ortho intramolecular Hbond substituents is 1. The van der Waals surface area contributed by atoms with Gasteiger partial charge < -0.3 is 10.4 Å². The Kier molecular flexibility index (Phi) is 3.57. The van der Waals surface area contributed by atoms with E-state index < -0.39 is 0 Å². The summed E-state index contributed by atoms with van der Waals surface area (Å²) in [6, 6.07) is 6.55. The molecule has 0 aromatic heterocycles. The SMILES string of the molecule is O=C(NC1(CCl)CCCC1)c1ccccc1O. The number of carbonyl (C=O) groups excluding carboxylic acids is 1. The fraction of sp³-hybridized carbons (Fsp3) is 0.462. The molecule has 0 spiro atoms.